The maximum atomic E-state index is 12.2. The highest BCUT2D eigenvalue weighted by Gasteiger charge is 2.30. The Hall–Kier alpha value is -2.34. The molecular weight excluding hydrogens is 308 g/mol. The summed E-state index contributed by atoms with van der Waals surface area (Å²) in [6.07, 6.45) is 0.480. The first-order chi connectivity index (χ1) is 11.3. The van der Waals surface area contributed by atoms with Crippen LogP contribution in [0.25, 0.3) is 0 Å². The zero-order valence-electron chi connectivity index (χ0n) is 13.0. The Morgan fingerprint density at radius 2 is 2.17 bits per heavy atom. The molecule has 0 aliphatic carbocycles. The van der Waals surface area contributed by atoms with Gasteiger partial charge in [-0.2, -0.15) is 11.3 Å². The van der Waals surface area contributed by atoms with Gasteiger partial charge in [0.2, 0.25) is 5.91 Å². The molecule has 1 aromatic heterocycles. The molecular formula is C17H20N4OS. The SMILES string of the molecule is CN=C(NCc1ccsc1)NC1CC(=O)N(c2ccccc2)C1. The van der Waals surface area contributed by atoms with Crippen LogP contribution in [0.1, 0.15) is 12.0 Å². The minimum Gasteiger partial charge on any atom is -0.352 e. The van der Waals surface area contributed by atoms with Gasteiger partial charge in [0.15, 0.2) is 5.96 Å². The van der Waals surface area contributed by atoms with E-state index in [1.807, 2.05) is 35.2 Å². The molecule has 1 aliphatic heterocycles. The molecule has 1 unspecified atom stereocenters. The number of hydrogen-bond acceptors (Lipinski definition) is 3. The Bertz CT molecular complexity index is 669. The van der Waals surface area contributed by atoms with Crippen molar-refractivity contribution in [2.24, 2.45) is 4.99 Å². The van der Waals surface area contributed by atoms with Crippen LogP contribution in [0.2, 0.25) is 0 Å². The van der Waals surface area contributed by atoms with Crippen molar-refractivity contribution in [3.63, 3.8) is 0 Å². The van der Waals surface area contributed by atoms with E-state index in [1.54, 1.807) is 18.4 Å². The van der Waals surface area contributed by atoms with Crippen molar-refractivity contribution in [2.75, 3.05) is 18.5 Å². The molecule has 6 heteroatoms. The third kappa shape index (κ3) is 3.90. The van der Waals surface area contributed by atoms with Crippen LogP contribution >= 0.6 is 11.3 Å². The van der Waals surface area contributed by atoms with Gasteiger partial charge in [-0.25, -0.2) is 0 Å². The zero-order valence-corrected chi connectivity index (χ0v) is 13.8. The second-order valence-corrected chi connectivity index (χ2v) is 6.22. The predicted molar refractivity (Wildman–Crippen MR) is 94.9 cm³/mol. The molecule has 3 rings (SSSR count). The van der Waals surface area contributed by atoms with Crippen LogP contribution in [0.5, 0.6) is 0 Å². The fourth-order valence-electron chi connectivity index (χ4n) is 2.63. The summed E-state index contributed by atoms with van der Waals surface area (Å²) in [5.41, 5.74) is 2.18. The summed E-state index contributed by atoms with van der Waals surface area (Å²) in [7, 11) is 1.74. The molecule has 0 spiro atoms. The van der Waals surface area contributed by atoms with E-state index in [0.29, 0.717) is 13.0 Å². The van der Waals surface area contributed by atoms with Gasteiger partial charge in [-0.05, 0) is 34.5 Å². The number of hydrogen-bond donors (Lipinski definition) is 2. The first-order valence-corrected chi connectivity index (χ1v) is 8.54. The highest BCUT2D eigenvalue weighted by molar-refractivity contribution is 7.07. The summed E-state index contributed by atoms with van der Waals surface area (Å²) in [5, 5.41) is 10.8. The molecule has 5 nitrogen and oxygen atoms in total. The number of carbonyl (C=O) groups is 1. The van der Waals surface area contributed by atoms with E-state index < -0.39 is 0 Å². The Balaban J connectivity index is 1.56. The number of benzene rings is 1. The van der Waals surface area contributed by atoms with Gasteiger partial charge < -0.3 is 15.5 Å². The fraction of sp³-hybridized carbons (Fsp3) is 0.294. The number of nitrogens with zero attached hydrogens (tertiary/aromatic N) is 2. The third-order valence-corrected chi connectivity index (χ3v) is 4.53. The second kappa shape index (κ2) is 7.28. The van der Waals surface area contributed by atoms with Crippen molar-refractivity contribution >= 4 is 28.9 Å². The molecule has 2 heterocycles. The maximum Gasteiger partial charge on any atom is 0.229 e. The number of anilines is 1. The van der Waals surface area contributed by atoms with Crippen molar-refractivity contribution in [1.29, 1.82) is 0 Å². The lowest BCUT2D eigenvalue weighted by Gasteiger charge is -2.18. The minimum absolute atomic E-state index is 0.0661. The summed E-state index contributed by atoms with van der Waals surface area (Å²) in [4.78, 5) is 18.3. The summed E-state index contributed by atoms with van der Waals surface area (Å²) < 4.78 is 0. The molecule has 120 valence electrons. The fourth-order valence-corrected chi connectivity index (χ4v) is 3.30. The molecule has 1 aromatic carbocycles. The van der Waals surface area contributed by atoms with E-state index in [0.717, 1.165) is 18.2 Å². The Labute approximate surface area is 140 Å². The molecule has 1 saturated heterocycles. The smallest absolute Gasteiger partial charge is 0.229 e. The number of rotatable bonds is 4. The van der Waals surface area contributed by atoms with Crippen LogP contribution in [0.3, 0.4) is 0 Å². The monoisotopic (exact) mass is 328 g/mol. The lowest BCUT2D eigenvalue weighted by molar-refractivity contribution is -0.117. The van der Waals surface area contributed by atoms with Gasteiger partial charge >= 0.3 is 0 Å². The highest BCUT2D eigenvalue weighted by atomic mass is 32.1. The number of thiophene rings is 1. The molecule has 1 atom stereocenters. The Morgan fingerprint density at radius 3 is 2.87 bits per heavy atom. The molecule has 1 amide bonds. The number of aliphatic imine (C=N–C) groups is 1. The van der Waals surface area contributed by atoms with E-state index in [2.05, 4.69) is 32.5 Å². The van der Waals surface area contributed by atoms with Crippen LogP contribution in [0, 0.1) is 0 Å². The van der Waals surface area contributed by atoms with Gasteiger partial charge in [-0.3, -0.25) is 9.79 Å². The summed E-state index contributed by atoms with van der Waals surface area (Å²) >= 11 is 1.68. The second-order valence-electron chi connectivity index (χ2n) is 5.44. The Kier molecular flexibility index (Phi) is 4.92. The van der Waals surface area contributed by atoms with Crippen LogP contribution in [-0.2, 0) is 11.3 Å². The molecule has 0 saturated carbocycles. The minimum atomic E-state index is 0.0661. The number of amides is 1. The lowest BCUT2D eigenvalue weighted by Crippen LogP contribution is -2.44. The zero-order chi connectivity index (χ0) is 16.1. The summed E-state index contributed by atoms with van der Waals surface area (Å²) in [6, 6.07) is 11.9. The van der Waals surface area contributed by atoms with E-state index in [-0.39, 0.29) is 11.9 Å². The van der Waals surface area contributed by atoms with Crippen molar-refractivity contribution in [2.45, 2.75) is 19.0 Å². The molecule has 1 fully saturated rings. The predicted octanol–water partition coefficient (Wildman–Crippen LogP) is 2.22. The van der Waals surface area contributed by atoms with Crippen LogP contribution in [0.15, 0.2) is 52.2 Å². The largest absolute Gasteiger partial charge is 0.352 e. The standard InChI is InChI=1S/C17H20N4OS/c1-18-17(19-10-13-7-8-23-12-13)20-14-9-16(22)21(11-14)15-5-3-2-4-6-15/h2-8,12,14H,9-11H2,1H3,(H2,18,19,20). The topological polar surface area (TPSA) is 56.7 Å². The molecule has 2 N–H and O–H groups in total. The number of carbonyl (C=O) groups excluding carboxylic acids is 1. The van der Waals surface area contributed by atoms with Gasteiger partial charge in [0.25, 0.3) is 0 Å². The lowest BCUT2D eigenvalue weighted by atomic mass is 10.2. The van der Waals surface area contributed by atoms with Gasteiger partial charge in [0, 0.05) is 32.2 Å². The van der Waals surface area contributed by atoms with E-state index in [9.17, 15) is 4.79 Å². The van der Waals surface area contributed by atoms with Gasteiger partial charge in [-0.15, -0.1) is 0 Å². The summed E-state index contributed by atoms with van der Waals surface area (Å²) in [5.74, 6) is 0.867. The van der Waals surface area contributed by atoms with E-state index in [4.69, 9.17) is 0 Å². The van der Waals surface area contributed by atoms with Crippen molar-refractivity contribution in [3.8, 4) is 0 Å². The molecule has 2 aromatic rings. The average molecular weight is 328 g/mol. The van der Waals surface area contributed by atoms with E-state index in [1.165, 1.54) is 5.56 Å². The number of para-hydroxylation sites is 1. The van der Waals surface area contributed by atoms with Crippen molar-refractivity contribution in [1.82, 2.24) is 10.6 Å². The van der Waals surface area contributed by atoms with Crippen molar-refractivity contribution < 1.29 is 4.79 Å². The third-order valence-electron chi connectivity index (χ3n) is 3.80. The van der Waals surface area contributed by atoms with Crippen LogP contribution in [-0.4, -0.2) is 31.5 Å². The summed E-state index contributed by atoms with van der Waals surface area (Å²) in [6.45, 7) is 1.38. The molecule has 23 heavy (non-hydrogen) atoms. The van der Waals surface area contributed by atoms with Crippen LogP contribution in [0.4, 0.5) is 5.69 Å². The van der Waals surface area contributed by atoms with Gasteiger partial charge in [0.05, 0.1) is 6.04 Å². The number of nitrogens with one attached hydrogen (secondary N) is 2. The quantitative estimate of drug-likeness (QED) is 0.668. The maximum absolute atomic E-state index is 12.2. The first-order valence-electron chi connectivity index (χ1n) is 7.60. The highest BCUT2D eigenvalue weighted by Crippen LogP contribution is 2.20. The normalized spacial score (nSPS) is 18.3. The van der Waals surface area contributed by atoms with Crippen LogP contribution < -0.4 is 15.5 Å². The van der Waals surface area contributed by atoms with Gasteiger partial charge in [0.1, 0.15) is 0 Å². The molecule has 1 aliphatic rings. The van der Waals surface area contributed by atoms with Gasteiger partial charge in [-0.1, -0.05) is 18.2 Å². The first kappa shape index (κ1) is 15.6. The molecule has 0 radical (unpaired) electrons. The molecule has 0 bridgehead atoms. The number of guanidine groups is 1. The average Bonchev–Trinajstić information content (AvgIpc) is 3.22. The van der Waals surface area contributed by atoms with E-state index >= 15 is 0 Å². The van der Waals surface area contributed by atoms with Crippen molar-refractivity contribution in [3.05, 3.63) is 52.7 Å². The Morgan fingerprint density at radius 1 is 1.35 bits per heavy atom.